The third kappa shape index (κ3) is 7.17. The Morgan fingerprint density at radius 2 is 1.61 bits per heavy atom. The molecule has 1 aliphatic heterocycles. The number of hydrogen-bond acceptors (Lipinski definition) is 3. The van der Waals surface area contributed by atoms with Gasteiger partial charge in [0.15, 0.2) is 0 Å². The van der Waals surface area contributed by atoms with E-state index in [-0.39, 0.29) is 11.8 Å². The molecule has 0 saturated heterocycles. The van der Waals surface area contributed by atoms with E-state index in [0.29, 0.717) is 26.1 Å². The second-order valence-electron chi connectivity index (χ2n) is 10.7. The van der Waals surface area contributed by atoms with Gasteiger partial charge in [0.1, 0.15) is 6.04 Å². The Labute approximate surface area is 243 Å². The van der Waals surface area contributed by atoms with E-state index in [1.807, 2.05) is 72.5 Å². The second kappa shape index (κ2) is 13.2. The lowest BCUT2D eigenvalue weighted by atomic mass is 9.98. The maximum Gasteiger partial charge on any atom is 0.247 e. The molecule has 2 amide bonds. The third-order valence-electron chi connectivity index (χ3n) is 7.80. The molecule has 0 bridgehead atoms. The fourth-order valence-electron chi connectivity index (χ4n) is 5.30. The number of hydrogen-bond donors (Lipinski definition) is 0. The van der Waals surface area contributed by atoms with Crippen LogP contribution in [0.4, 0.5) is 0 Å². The van der Waals surface area contributed by atoms with Gasteiger partial charge in [0, 0.05) is 44.0 Å². The number of pyridine rings is 1. The van der Waals surface area contributed by atoms with Crippen LogP contribution in [0.1, 0.15) is 46.0 Å². The van der Waals surface area contributed by atoms with E-state index >= 15 is 0 Å². The van der Waals surface area contributed by atoms with Crippen molar-refractivity contribution >= 4 is 17.9 Å². The number of rotatable bonds is 9. The maximum atomic E-state index is 14.3. The Balaban J connectivity index is 1.49. The minimum atomic E-state index is -0.698. The Hall–Kier alpha value is -4.51. The van der Waals surface area contributed by atoms with Gasteiger partial charge in [-0.15, -0.1) is 0 Å². The lowest BCUT2D eigenvalue weighted by Crippen LogP contribution is -2.52. The Morgan fingerprint density at radius 1 is 0.902 bits per heavy atom. The zero-order valence-corrected chi connectivity index (χ0v) is 23.9. The summed E-state index contributed by atoms with van der Waals surface area (Å²) in [4.78, 5) is 36.5. The van der Waals surface area contributed by atoms with E-state index in [4.69, 9.17) is 0 Å². The highest BCUT2D eigenvalue weighted by atomic mass is 16.2. The van der Waals surface area contributed by atoms with Gasteiger partial charge in [0.05, 0.1) is 0 Å². The summed E-state index contributed by atoms with van der Waals surface area (Å²) in [5, 5.41) is 0. The number of carbonyl (C=O) groups is 2. The van der Waals surface area contributed by atoms with Gasteiger partial charge in [-0.05, 0) is 65.8 Å². The molecule has 0 radical (unpaired) electrons. The minimum absolute atomic E-state index is 0.0487. The van der Waals surface area contributed by atoms with E-state index in [9.17, 15) is 9.59 Å². The van der Waals surface area contributed by atoms with Gasteiger partial charge < -0.3 is 9.80 Å². The van der Waals surface area contributed by atoms with Crippen molar-refractivity contribution in [2.45, 2.75) is 52.2 Å². The van der Waals surface area contributed by atoms with Gasteiger partial charge in [-0.2, -0.15) is 0 Å². The number of aromatic nitrogens is 1. The van der Waals surface area contributed by atoms with Crippen LogP contribution >= 0.6 is 0 Å². The summed E-state index contributed by atoms with van der Waals surface area (Å²) in [7, 11) is 0. The predicted octanol–water partition coefficient (Wildman–Crippen LogP) is 6.19. The van der Waals surface area contributed by atoms with Crippen molar-refractivity contribution in [1.29, 1.82) is 0 Å². The fourth-order valence-corrected chi connectivity index (χ4v) is 5.30. The maximum absolute atomic E-state index is 14.3. The first kappa shape index (κ1) is 28.0. The van der Waals surface area contributed by atoms with Crippen LogP contribution < -0.4 is 0 Å². The summed E-state index contributed by atoms with van der Waals surface area (Å²) in [6, 6.07) is 29.6. The zero-order chi connectivity index (χ0) is 28.6. The molecular weight excluding hydrogens is 506 g/mol. The molecule has 41 heavy (non-hydrogen) atoms. The molecule has 0 fully saturated rings. The molecule has 4 aromatic rings. The van der Waals surface area contributed by atoms with Crippen molar-refractivity contribution < 1.29 is 9.59 Å². The topological polar surface area (TPSA) is 53.5 Å². The number of fused-ring (bicyclic) bond motifs is 1. The van der Waals surface area contributed by atoms with Crippen LogP contribution in [0.2, 0.25) is 0 Å². The summed E-state index contributed by atoms with van der Waals surface area (Å²) in [6.07, 6.45) is 7.25. The van der Waals surface area contributed by atoms with E-state index in [2.05, 4.69) is 48.3 Å². The fraction of sp³-hybridized carbons (Fsp3) is 0.250. The highest BCUT2D eigenvalue weighted by Crippen LogP contribution is 2.23. The lowest BCUT2D eigenvalue weighted by molar-refractivity contribution is -0.144. The molecule has 3 aromatic carbocycles. The molecule has 1 aliphatic rings. The molecule has 0 spiro atoms. The van der Waals surface area contributed by atoms with Crippen molar-refractivity contribution in [1.82, 2.24) is 14.8 Å². The summed E-state index contributed by atoms with van der Waals surface area (Å²) in [5.41, 5.74) is 7.55. The Morgan fingerprint density at radius 3 is 2.32 bits per heavy atom. The summed E-state index contributed by atoms with van der Waals surface area (Å²) in [6.45, 7) is 5.66. The lowest BCUT2D eigenvalue weighted by Gasteiger charge is -2.36. The van der Waals surface area contributed by atoms with E-state index in [1.165, 1.54) is 11.1 Å². The molecular formula is C36H37N3O2. The van der Waals surface area contributed by atoms with E-state index < -0.39 is 6.04 Å². The van der Waals surface area contributed by atoms with Gasteiger partial charge >= 0.3 is 0 Å². The van der Waals surface area contributed by atoms with Crippen LogP contribution in [0, 0.1) is 6.92 Å². The second-order valence-corrected chi connectivity index (χ2v) is 10.7. The summed E-state index contributed by atoms with van der Waals surface area (Å²) >= 11 is 0. The number of nitrogens with zero attached hydrogens (tertiary/aromatic N) is 3. The first-order valence-corrected chi connectivity index (χ1v) is 14.4. The largest absolute Gasteiger partial charge is 0.336 e. The molecule has 5 heteroatoms. The minimum Gasteiger partial charge on any atom is -0.336 e. The quantitative estimate of drug-likeness (QED) is 0.237. The van der Waals surface area contributed by atoms with Crippen LogP contribution in [-0.2, 0) is 41.9 Å². The molecule has 5 rings (SSSR count). The molecule has 0 saturated carbocycles. The highest BCUT2D eigenvalue weighted by Gasteiger charge is 2.34. The number of carbonyl (C=O) groups excluding carboxylic acids is 2. The zero-order valence-electron chi connectivity index (χ0n) is 23.9. The SMILES string of the molecule is CCc1ccc(CN(C(=O)C=Cc2ccc(C)cc2)C(Cc2ccccn2)C(=O)N2CCc3ccccc3C2)cc1. The standard InChI is InChI=1S/C36H37N3O2/c1-3-28-15-17-30(18-16-28)25-39(35(40)20-19-29-13-11-27(2)12-14-29)34(24-33-10-6-7-22-37-33)36(41)38-23-21-31-8-4-5-9-32(31)26-38/h4-20,22,34H,3,21,23-26H2,1-2H3. The molecule has 1 unspecified atom stereocenters. The molecule has 2 heterocycles. The van der Waals surface area contributed by atoms with Crippen molar-refractivity contribution in [2.24, 2.45) is 0 Å². The predicted molar refractivity (Wildman–Crippen MR) is 164 cm³/mol. The van der Waals surface area contributed by atoms with Crippen molar-refractivity contribution in [3.05, 3.63) is 142 Å². The first-order valence-electron chi connectivity index (χ1n) is 14.4. The number of amides is 2. The Bertz CT molecular complexity index is 1490. The summed E-state index contributed by atoms with van der Waals surface area (Å²) < 4.78 is 0. The van der Waals surface area contributed by atoms with Crippen LogP contribution in [0.3, 0.4) is 0 Å². The van der Waals surface area contributed by atoms with Gasteiger partial charge in [-0.3, -0.25) is 14.6 Å². The number of aryl methyl sites for hydroxylation is 2. The highest BCUT2D eigenvalue weighted by molar-refractivity contribution is 5.95. The Kier molecular flexibility index (Phi) is 9.05. The van der Waals surface area contributed by atoms with Crippen LogP contribution in [-0.4, -0.2) is 39.2 Å². The van der Waals surface area contributed by atoms with Crippen LogP contribution in [0.15, 0.2) is 103 Å². The van der Waals surface area contributed by atoms with Gasteiger partial charge in [0.25, 0.3) is 0 Å². The average molecular weight is 544 g/mol. The van der Waals surface area contributed by atoms with Gasteiger partial charge in [0.2, 0.25) is 11.8 Å². The van der Waals surface area contributed by atoms with Crippen LogP contribution in [0.5, 0.6) is 0 Å². The molecule has 208 valence electrons. The molecule has 1 atom stereocenters. The van der Waals surface area contributed by atoms with Gasteiger partial charge in [-0.1, -0.05) is 91.3 Å². The summed E-state index contributed by atoms with van der Waals surface area (Å²) in [5.74, 6) is -0.246. The molecule has 0 aliphatic carbocycles. The van der Waals surface area contributed by atoms with Crippen molar-refractivity contribution in [3.8, 4) is 0 Å². The van der Waals surface area contributed by atoms with E-state index in [1.54, 1.807) is 17.2 Å². The third-order valence-corrected chi connectivity index (χ3v) is 7.80. The number of benzene rings is 3. The first-order chi connectivity index (χ1) is 20.0. The van der Waals surface area contributed by atoms with Crippen molar-refractivity contribution in [2.75, 3.05) is 6.54 Å². The molecule has 0 N–H and O–H groups in total. The van der Waals surface area contributed by atoms with Crippen LogP contribution in [0.25, 0.3) is 6.08 Å². The molecule has 1 aromatic heterocycles. The van der Waals surface area contributed by atoms with Gasteiger partial charge in [-0.25, -0.2) is 0 Å². The molecule has 5 nitrogen and oxygen atoms in total. The smallest absolute Gasteiger partial charge is 0.247 e. The normalized spacial score (nSPS) is 13.6. The van der Waals surface area contributed by atoms with E-state index in [0.717, 1.165) is 40.8 Å². The average Bonchev–Trinajstić information content (AvgIpc) is 3.02. The van der Waals surface area contributed by atoms with Crippen molar-refractivity contribution in [3.63, 3.8) is 0 Å². The monoisotopic (exact) mass is 543 g/mol.